The van der Waals surface area contributed by atoms with Crippen LogP contribution in [0.5, 0.6) is 0 Å². The topological polar surface area (TPSA) is 43.1 Å². The summed E-state index contributed by atoms with van der Waals surface area (Å²) in [5.74, 6) is -0.0936. The third-order valence-electron chi connectivity index (χ3n) is 3.22. The summed E-state index contributed by atoms with van der Waals surface area (Å²) >= 11 is 0. The zero-order valence-electron chi connectivity index (χ0n) is 9.06. The molecule has 2 rings (SSSR count). The Morgan fingerprint density at radius 1 is 1.38 bits per heavy atom. The van der Waals surface area contributed by atoms with Gasteiger partial charge >= 0.3 is 0 Å². The number of hydrogen-bond acceptors (Lipinski definition) is 2. The highest BCUT2D eigenvalue weighted by Gasteiger charge is 2.32. The zero-order valence-corrected chi connectivity index (χ0v) is 9.88. The van der Waals surface area contributed by atoms with E-state index in [0.717, 1.165) is 19.3 Å². The fraction of sp³-hybridized carbons (Fsp3) is 0.500. The highest BCUT2D eigenvalue weighted by molar-refractivity contribution is 7.85. The summed E-state index contributed by atoms with van der Waals surface area (Å²) in [6.45, 7) is 0.546. The summed E-state index contributed by atoms with van der Waals surface area (Å²) in [5, 5.41) is 0.0295. The van der Waals surface area contributed by atoms with Crippen LogP contribution < -0.4 is 5.73 Å². The lowest BCUT2D eigenvalue weighted by Gasteiger charge is -2.17. The Morgan fingerprint density at radius 2 is 2.12 bits per heavy atom. The van der Waals surface area contributed by atoms with E-state index in [4.69, 9.17) is 5.73 Å². The van der Waals surface area contributed by atoms with E-state index in [2.05, 4.69) is 0 Å². The van der Waals surface area contributed by atoms with Crippen molar-refractivity contribution in [2.24, 2.45) is 11.7 Å². The Labute approximate surface area is 97.5 Å². The summed E-state index contributed by atoms with van der Waals surface area (Å²) in [6, 6.07) is 6.31. The number of hydrogen-bond donors (Lipinski definition) is 1. The van der Waals surface area contributed by atoms with Gasteiger partial charge in [0.05, 0.1) is 15.7 Å². The highest BCUT2D eigenvalue weighted by atomic mass is 32.2. The summed E-state index contributed by atoms with van der Waals surface area (Å²) in [5.41, 5.74) is 5.65. The Hall–Kier alpha value is -0.740. The van der Waals surface area contributed by atoms with Gasteiger partial charge in [-0.15, -0.1) is 0 Å². The summed E-state index contributed by atoms with van der Waals surface area (Å²) in [6.07, 6.45) is 2.96. The van der Waals surface area contributed by atoms with E-state index in [0.29, 0.717) is 11.4 Å². The maximum Gasteiger partial charge on any atom is 0.139 e. The molecule has 1 fully saturated rings. The molecule has 3 atom stereocenters. The summed E-state index contributed by atoms with van der Waals surface area (Å²) in [4.78, 5) is 0.327. The molecule has 2 nitrogen and oxygen atoms in total. The van der Waals surface area contributed by atoms with E-state index in [1.54, 1.807) is 18.2 Å². The van der Waals surface area contributed by atoms with E-state index >= 15 is 0 Å². The fourth-order valence-electron chi connectivity index (χ4n) is 2.33. The first-order valence-corrected chi connectivity index (χ1v) is 6.80. The highest BCUT2D eigenvalue weighted by Crippen LogP contribution is 2.32. The molecule has 88 valence electrons. The molecule has 1 aromatic rings. The number of halogens is 1. The predicted molar refractivity (Wildman–Crippen MR) is 63.0 cm³/mol. The van der Waals surface area contributed by atoms with Crippen LogP contribution in [-0.4, -0.2) is 16.0 Å². The minimum atomic E-state index is -1.26. The monoisotopic (exact) mass is 241 g/mol. The molecule has 1 aliphatic carbocycles. The molecule has 16 heavy (non-hydrogen) atoms. The van der Waals surface area contributed by atoms with Gasteiger partial charge in [-0.3, -0.25) is 4.21 Å². The van der Waals surface area contributed by atoms with Crippen LogP contribution in [0.1, 0.15) is 19.3 Å². The Bertz CT molecular complexity index is 396. The molecule has 0 bridgehead atoms. The third-order valence-corrected chi connectivity index (χ3v) is 5.16. The van der Waals surface area contributed by atoms with Crippen molar-refractivity contribution in [2.45, 2.75) is 29.4 Å². The van der Waals surface area contributed by atoms with Crippen molar-refractivity contribution in [2.75, 3.05) is 6.54 Å². The first-order valence-electron chi connectivity index (χ1n) is 5.59. The molecule has 0 spiro atoms. The van der Waals surface area contributed by atoms with Gasteiger partial charge in [0, 0.05) is 5.25 Å². The van der Waals surface area contributed by atoms with Crippen molar-refractivity contribution >= 4 is 10.8 Å². The van der Waals surface area contributed by atoms with E-state index in [-0.39, 0.29) is 17.0 Å². The molecular weight excluding hydrogens is 225 g/mol. The maximum atomic E-state index is 13.5. The molecule has 2 N–H and O–H groups in total. The second-order valence-electron chi connectivity index (χ2n) is 4.19. The quantitative estimate of drug-likeness (QED) is 0.880. The van der Waals surface area contributed by atoms with Gasteiger partial charge in [-0.05, 0) is 37.4 Å². The van der Waals surface area contributed by atoms with E-state index < -0.39 is 10.8 Å². The van der Waals surface area contributed by atoms with Crippen LogP contribution in [0.3, 0.4) is 0 Å². The van der Waals surface area contributed by atoms with Crippen LogP contribution in [0.25, 0.3) is 0 Å². The van der Waals surface area contributed by atoms with Crippen molar-refractivity contribution in [1.82, 2.24) is 0 Å². The average Bonchev–Trinajstić information content (AvgIpc) is 2.77. The van der Waals surface area contributed by atoms with Crippen LogP contribution in [0.4, 0.5) is 4.39 Å². The van der Waals surface area contributed by atoms with Crippen LogP contribution in [0.2, 0.25) is 0 Å². The second-order valence-corrected chi connectivity index (χ2v) is 5.83. The van der Waals surface area contributed by atoms with Crippen LogP contribution >= 0.6 is 0 Å². The number of nitrogens with two attached hydrogens (primary N) is 1. The predicted octanol–water partition coefficient (Wildman–Crippen LogP) is 2.06. The molecule has 0 saturated heterocycles. The van der Waals surface area contributed by atoms with Crippen molar-refractivity contribution in [3.63, 3.8) is 0 Å². The average molecular weight is 241 g/mol. The first-order chi connectivity index (χ1) is 7.74. The van der Waals surface area contributed by atoms with Crippen molar-refractivity contribution < 1.29 is 8.60 Å². The van der Waals surface area contributed by atoms with Crippen molar-refractivity contribution in [3.8, 4) is 0 Å². The number of benzene rings is 1. The molecule has 0 amide bonds. The molecule has 0 aliphatic heterocycles. The lowest BCUT2D eigenvalue weighted by molar-refractivity contribution is 0.551. The first kappa shape index (κ1) is 11.7. The molecule has 4 heteroatoms. The molecule has 0 radical (unpaired) electrons. The van der Waals surface area contributed by atoms with Gasteiger partial charge in [-0.25, -0.2) is 4.39 Å². The normalized spacial score (nSPS) is 26.9. The smallest absolute Gasteiger partial charge is 0.139 e. The summed E-state index contributed by atoms with van der Waals surface area (Å²) < 4.78 is 25.8. The lowest BCUT2D eigenvalue weighted by atomic mass is 10.1. The Kier molecular flexibility index (Phi) is 3.71. The summed E-state index contributed by atoms with van der Waals surface area (Å²) in [7, 11) is -1.26. The maximum absolute atomic E-state index is 13.5. The molecule has 1 aromatic carbocycles. The molecule has 3 unspecified atom stereocenters. The second kappa shape index (κ2) is 5.06. The molecule has 0 heterocycles. The lowest BCUT2D eigenvalue weighted by Crippen LogP contribution is -2.27. The number of rotatable bonds is 3. The van der Waals surface area contributed by atoms with Gasteiger partial charge < -0.3 is 5.73 Å². The standard InChI is InChI=1S/C12H16FNOS/c13-10-5-1-2-6-12(10)16(15)11-7-3-4-9(11)8-14/h1-2,5-6,9,11H,3-4,7-8,14H2. The molecular formula is C12H16FNOS. The SMILES string of the molecule is NCC1CCCC1S(=O)c1ccccc1F. The molecule has 1 aliphatic rings. The molecule has 0 aromatic heterocycles. The van der Waals surface area contributed by atoms with E-state index in [9.17, 15) is 8.60 Å². The zero-order chi connectivity index (χ0) is 11.5. The largest absolute Gasteiger partial charge is 0.330 e. The van der Waals surface area contributed by atoms with Gasteiger partial charge in [0.1, 0.15) is 5.82 Å². The van der Waals surface area contributed by atoms with Gasteiger partial charge in [-0.1, -0.05) is 18.6 Å². The van der Waals surface area contributed by atoms with Gasteiger partial charge in [-0.2, -0.15) is 0 Å². The van der Waals surface area contributed by atoms with Crippen LogP contribution in [0.15, 0.2) is 29.2 Å². The van der Waals surface area contributed by atoms with Gasteiger partial charge in [0.2, 0.25) is 0 Å². The van der Waals surface area contributed by atoms with Crippen LogP contribution in [-0.2, 0) is 10.8 Å². The van der Waals surface area contributed by atoms with Crippen LogP contribution in [0, 0.1) is 11.7 Å². The van der Waals surface area contributed by atoms with Gasteiger partial charge in [0.15, 0.2) is 0 Å². The van der Waals surface area contributed by atoms with Gasteiger partial charge in [0.25, 0.3) is 0 Å². The van der Waals surface area contributed by atoms with E-state index in [1.807, 2.05) is 0 Å². The Morgan fingerprint density at radius 3 is 2.81 bits per heavy atom. The minimum Gasteiger partial charge on any atom is -0.330 e. The third kappa shape index (κ3) is 2.18. The van der Waals surface area contributed by atoms with Crippen molar-refractivity contribution in [1.29, 1.82) is 0 Å². The Balaban J connectivity index is 2.22. The van der Waals surface area contributed by atoms with E-state index in [1.165, 1.54) is 6.07 Å². The molecule has 1 saturated carbocycles. The fourth-order valence-corrected chi connectivity index (χ4v) is 4.10. The minimum absolute atomic E-state index is 0.0295. The van der Waals surface area contributed by atoms with Crippen molar-refractivity contribution in [3.05, 3.63) is 30.1 Å².